The van der Waals surface area contributed by atoms with Crippen molar-refractivity contribution in [3.05, 3.63) is 35.4 Å². The van der Waals surface area contributed by atoms with Crippen LogP contribution in [0.1, 0.15) is 30.4 Å². The second kappa shape index (κ2) is 6.07. The predicted octanol–water partition coefficient (Wildman–Crippen LogP) is 1.90. The van der Waals surface area contributed by atoms with Gasteiger partial charge in [-0.1, -0.05) is 24.3 Å². The van der Waals surface area contributed by atoms with Gasteiger partial charge in [0.25, 0.3) is 0 Å². The van der Waals surface area contributed by atoms with E-state index in [0.29, 0.717) is 6.04 Å². The minimum absolute atomic E-state index is 0.184. The van der Waals surface area contributed by atoms with Crippen molar-refractivity contribution in [1.82, 2.24) is 9.80 Å². The molecular formula is C18H29N3. The third-order valence-electron chi connectivity index (χ3n) is 5.68. The summed E-state index contributed by atoms with van der Waals surface area (Å²) in [7, 11) is 4.42. The lowest BCUT2D eigenvalue weighted by Gasteiger charge is -2.50. The number of likely N-dealkylation sites (tertiary alicyclic amines) is 1. The Labute approximate surface area is 129 Å². The van der Waals surface area contributed by atoms with Crippen LogP contribution in [0.3, 0.4) is 0 Å². The van der Waals surface area contributed by atoms with Crippen LogP contribution in [0.25, 0.3) is 0 Å². The van der Waals surface area contributed by atoms with E-state index in [1.807, 2.05) is 0 Å². The molecule has 0 bridgehead atoms. The van der Waals surface area contributed by atoms with E-state index in [2.05, 4.69) is 48.2 Å². The monoisotopic (exact) mass is 287 g/mol. The fraction of sp³-hybridized carbons (Fsp3) is 0.667. The van der Waals surface area contributed by atoms with Gasteiger partial charge in [0.05, 0.1) is 0 Å². The molecule has 2 N–H and O–H groups in total. The van der Waals surface area contributed by atoms with Crippen molar-refractivity contribution in [2.45, 2.75) is 43.7 Å². The Kier molecular flexibility index (Phi) is 4.34. The molecule has 2 unspecified atom stereocenters. The normalized spacial score (nSPS) is 30.4. The third-order valence-corrected chi connectivity index (χ3v) is 5.68. The van der Waals surface area contributed by atoms with Gasteiger partial charge in [0.15, 0.2) is 0 Å². The Hall–Kier alpha value is -0.900. The molecule has 1 fully saturated rings. The Balaban J connectivity index is 1.81. The molecule has 1 saturated heterocycles. The van der Waals surface area contributed by atoms with Crippen LogP contribution in [-0.2, 0) is 12.8 Å². The maximum atomic E-state index is 6.29. The largest absolute Gasteiger partial charge is 0.329 e. The molecule has 1 aromatic carbocycles. The van der Waals surface area contributed by atoms with E-state index in [9.17, 15) is 0 Å². The molecule has 0 saturated carbocycles. The van der Waals surface area contributed by atoms with Crippen molar-refractivity contribution in [3.63, 3.8) is 0 Å². The van der Waals surface area contributed by atoms with Crippen LogP contribution < -0.4 is 5.73 Å². The van der Waals surface area contributed by atoms with Gasteiger partial charge >= 0.3 is 0 Å². The highest BCUT2D eigenvalue weighted by molar-refractivity contribution is 5.32. The molecule has 3 heteroatoms. The highest BCUT2D eigenvalue weighted by Crippen LogP contribution is 2.34. The lowest BCUT2D eigenvalue weighted by atomic mass is 9.76. The second-order valence-electron chi connectivity index (χ2n) is 7.08. The van der Waals surface area contributed by atoms with Crippen molar-refractivity contribution in [2.75, 3.05) is 33.7 Å². The Bertz CT molecular complexity index is 485. The molecule has 2 aliphatic rings. The summed E-state index contributed by atoms with van der Waals surface area (Å²) in [5.74, 6) is 0. The summed E-state index contributed by atoms with van der Waals surface area (Å²) < 4.78 is 0. The third kappa shape index (κ3) is 2.87. The molecule has 3 nitrogen and oxygen atoms in total. The average molecular weight is 287 g/mol. The molecule has 3 rings (SSSR count). The minimum Gasteiger partial charge on any atom is -0.329 e. The SMILES string of the molecule is CN(C)C1CCCN(C2(CN)CCc3ccccc3C2)C1. The molecule has 0 radical (unpaired) electrons. The van der Waals surface area contributed by atoms with E-state index in [0.717, 1.165) is 13.0 Å². The topological polar surface area (TPSA) is 32.5 Å². The number of likely N-dealkylation sites (N-methyl/N-ethyl adjacent to an activating group) is 1. The number of nitrogens with two attached hydrogens (primary N) is 1. The lowest BCUT2D eigenvalue weighted by Crippen LogP contribution is -2.61. The number of piperidine rings is 1. The maximum Gasteiger partial charge on any atom is 0.0375 e. The summed E-state index contributed by atoms with van der Waals surface area (Å²) in [4.78, 5) is 5.09. The van der Waals surface area contributed by atoms with Crippen LogP contribution in [0.5, 0.6) is 0 Å². The molecule has 116 valence electrons. The van der Waals surface area contributed by atoms with Gasteiger partial charge in [-0.3, -0.25) is 4.90 Å². The fourth-order valence-electron chi connectivity index (χ4n) is 4.16. The van der Waals surface area contributed by atoms with Crippen molar-refractivity contribution < 1.29 is 0 Å². The number of benzene rings is 1. The quantitative estimate of drug-likeness (QED) is 0.921. The molecule has 0 amide bonds. The predicted molar refractivity (Wildman–Crippen MR) is 88.5 cm³/mol. The first-order valence-electron chi connectivity index (χ1n) is 8.33. The van der Waals surface area contributed by atoms with Crippen LogP contribution in [0.15, 0.2) is 24.3 Å². The van der Waals surface area contributed by atoms with Gasteiger partial charge in [0.1, 0.15) is 0 Å². The van der Waals surface area contributed by atoms with Crippen molar-refractivity contribution in [1.29, 1.82) is 0 Å². The Morgan fingerprint density at radius 1 is 1.29 bits per heavy atom. The van der Waals surface area contributed by atoms with E-state index in [1.165, 1.54) is 49.9 Å². The molecular weight excluding hydrogens is 258 g/mol. The molecule has 1 aromatic rings. The fourth-order valence-corrected chi connectivity index (χ4v) is 4.16. The van der Waals surface area contributed by atoms with Gasteiger partial charge < -0.3 is 10.6 Å². The number of fused-ring (bicyclic) bond motifs is 1. The number of rotatable bonds is 3. The standard InChI is InChI=1S/C18H29N3/c1-20(2)17-8-5-11-21(13-17)18(14-19)10-9-15-6-3-4-7-16(15)12-18/h3-4,6-7,17H,5,8-14,19H2,1-2H3. The van der Waals surface area contributed by atoms with Gasteiger partial charge in [-0.15, -0.1) is 0 Å². The first-order chi connectivity index (χ1) is 10.1. The van der Waals surface area contributed by atoms with Crippen LogP contribution >= 0.6 is 0 Å². The summed E-state index contributed by atoms with van der Waals surface area (Å²) in [5.41, 5.74) is 9.52. The second-order valence-corrected chi connectivity index (χ2v) is 7.08. The highest BCUT2D eigenvalue weighted by atomic mass is 15.3. The molecule has 0 aromatic heterocycles. The zero-order chi connectivity index (χ0) is 14.9. The van der Waals surface area contributed by atoms with Gasteiger partial charge in [0, 0.05) is 24.7 Å². The van der Waals surface area contributed by atoms with Crippen molar-refractivity contribution >= 4 is 0 Å². The maximum absolute atomic E-state index is 6.29. The summed E-state index contributed by atoms with van der Waals surface area (Å²) in [6.45, 7) is 3.16. The van der Waals surface area contributed by atoms with Crippen LogP contribution in [0.2, 0.25) is 0 Å². The van der Waals surface area contributed by atoms with E-state index < -0.39 is 0 Å². The van der Waals surface area contributed by atoms with E-state index in [4.69, 9.17) is 5.73 Å². The average Bonchev–Trinajstić information content (AvgIpc) is 2.54. The summed E-state index contributed by atoms with van der Waals surface area (Å²) in [6.07, 6.45) is 6.13. The van der Waals surface area contributed by atoms with Gasteiger partial charge in [-0.25, -0.2) is 0 Å². The Morgan fingerprint density at radius 3 is 2.76 bits per heavy atom. The number of hydrogen-bond donors (Lipinski definition) is 1. The molecule has 1 aliphatic heterocycles. The van der Waals surface area contributed by atoms with Gasteiger partial charge in [0.2, 0.25) is 0 Å². The van der Waals surface area contributed by atoms with Crippen LogP contribution in [0, 0.1) is 0 Å². The van der Waals surface area contributed by atoms with Gasteiger partial charge in [-0.2, -0.15) is 0 Å². The molecule has 1 heterocycles. The molecule has 0 spiro atoms. The van der Waals surface area contributed by atoms with Crippen molar-refractivity contribution in [2.24, 2.45) is 5.73 Å². The number of hydrogen-bond acceptors (Lipinski definition) is 3. The minimum atomic E-state index is 0.184. The van der Waals surface area contributed by atoms with Crippen LogP contribution in [0.4, 0.5) is 0 Å². The number of nitrogens with zero attached hydrogens (tertiary/aromatic N) is 2. The first-order valence-corrected chi connectivity index (χ1v) is 8.33. The van der Waals surface area contributed by atoms with Crippen molar-refractivity contribution in [3.8, 4) is 0 Å². The van der Waals surface area contributed by atoms with Gasteiger partial charge in [-0.05, 0) is 63.9 Å². The molecule has 21 heavy (non-hydrogen) atoms. The van der Waals surface area contributed by atoms with E-state index in [1.54, 1.807) is 0 Å². The highest BCUT2D eigenvalue weighted by Gasteiger charge is 2.40. The Morgan fingerprint density at radius 2 is 2.05 bits per heavy atom. The lowest BCUT2D eigenvalue weighted by molar-refractivity contribution is 0.0259. The zero-order valence-corrected chi connectivity index (χ0v) is 13.5. The zero-order valence-electron chi connectivity index (χ0n) is 13.5. The smallest absolute Gasteiger partial charge is 0.0375 e. The molecule has 2 atom stereocenters. The first kappa shape index (κ1) is 15.0. The summed E-state index contributed by atoms with van der Waals surface area (Å²) in [6, 6.07) is 9.60. The van der Waals surface area contributed by atoms with E-state index >= 15 is 0 Å². The molecule has 1 aliphatic carbocycles. The van der Waals surface area contributed by atoms with Crippen LogP contribution in [-0.4, -0.2) is 55.1 Å². The van der Waals surface area contributed by atoms with E-state index in [-0.39, 0.29) is 5.54 Å². The summed E-state index contributed by atoms with van der Waals surface area (Å²) in [5, 5.41) is 0. The number of aryl methyl sites for hydroxylation is 1. The summed E-state index contributed by atoms with van der Waals surface area (Å²) >= 11 is 0.